The molecule has 0 aliphatic carbocycles. The number of hydrogen-bond acceptors (Lipinski definition) is 4. The Morgan fingerprint density at radius 3 is 2.48 bits per heavy atom. The first-order chi connectivity index (χ1) is 9.43. The van der Waals surface area contributed by atoms with Crippen molar-refractivity contribution in [3.63, 3.8) is 0 Å². The summed E-state index contributed by atoms with van der Waals surface area (Å²) in [6.07, 6.45) is 2.21. The maximum atomic E-state index is 11.8. The van der Waals surface area contributed by atoms with Crippen molar-refractivity contribution in [2.75, 3.05) is 17.3 Å². The molecule has 0 spiro atoms. The summed E-state index contributed by atoms with van der Waals surface area (Å²) >= 11 is 1.52. The minimum Gasteiger partial charge on any atom is -0.548 e. The standard InChI is InChI=1S/C14H20N2O3S.K/c1-9-4-5-11(8-10(9)2)15-14(19)16-12(13(17)18)6-7-20-3;/h4-5,8,12H,6-7H2,1-3H3,(H,17,18)(H2,15,16,19);/q;+1/p-1. The quantitative estimate of drug-likeness (QED) is 0.608. The first-order valence-corrected chi connectivity index (χ1v) is 7.68. The van der Waals surface area contributed by atoms with Gasteiger partial charge in [-0.25, -0.2) is 4.79 Å². The molecule has 0 aromatic heterocycles. The van der Waals surface area contributed by atoms with E-state index in [0.717, 1.165) is 11.1 Å². The minimum atomic E-state index is -1.27. The zero-order valence-corrected chi connectivity index (χ0v) is 16.8. The van der Waals surface area contributed by atoms with Crippen LogP contribution >= 0.6 is 11.8 Å². The molecule has 110 valence electrons. The van der Waals surface area contributed by atoms with Gasteiger partial charge in [0.05, 0.1) is 12.0 Å². The fourth-order valence-corrected chi connectivity index (χ4v) is 2.10. The van der Waals surface area contributed by atoms with Gasteiger partial charge in [0.25, 0.3) is 0 Å². The fraction of sp³-hybridized carbons (Fsp3) is 0.429. The average molecular weight is 334 g/mol. The number of urea groups is 1. The summed E-state index contributed by atoms with van der Waals surface area (Å²) in [6.45, 7) is 3.93. The van der Waals surface area contributed by atoms with Gasteiger partial charge in [0.2, 0.25) is 0 Å². The average Bonchev–Trinajstić information content (AvgIpc) is 2.38. The van der Waals surface area contributed by atoms with Crippen molar-refractivity contribution >= 4 is 29.4 Å². The van der Waals surface area contributed by atoms with Gasteiger partial charge in [-0.3, -0.25) is 0 Å². The maximum absolute atomic E-state index is 11.8. The van der Waals surface area contributed by atoms with Crippen LogP contribution in [0.3, 0.4) is 0 Å². The monoisotopic (exact) mass is 334 g/mol. The zero-order chi connectivity index (χ0) is 15.1. The van der Waals surface area contributed by atoms with Gasteiger partial charge in [0.15, 0.2) is 0 Å². The molecule has 0 aliphatic rings. The molecular formula is C14H19KN2O3S. The number of nitrogens with one attached hydrogen (secondary N) is 2. The summed E-state index contributed by atoms with van der Waals surface area (Å²) in [5.41, 5.74) is 2.82. The van der Waals surface area contributed by atoms with Crippen LogP contribution in [0.25, 0.3) is 0 Å². The summed E-state index contributed by atoms with van der Waals surface area (Å²) < 4.78 is 0. The normalized spacial score (nSPS) is 11.2. The number of benzene rings is 1. The largest absolute Gasteiger partial charge is 1.00 e. The number of carboxylic acid groups (broad SMARTS) is 1. The number of thioether (sulfide) groups is 1. The van der Waals surface area contributed by atoms with E-state index in [4.69, 9.17) is 0 Å². The van der Waals surface area contributed by atoms with E-state index in [0.29, 0.717) is 17.9 Å². The minimum absolute atomic E-state index is 0. The van der Waals surface area contributed by atoms with Crippen molar-refractivity contribution in [2.45, 2.75) is 26.3 Å². The van der Waals surface area contributed by atoms with Crippen LogP contribution in [0, 0.1) is 13.8 Å². The van der Waals surface area contributed by atoms with Crippen molar-refractivity contribution < 1.29 is 66.1 Å². The smallest absolute Gasteiger partial charge is 0.548 e. The van der Waals surface area contributed by atoms with Crippen LogP contribution < -0.4 is 67.1 Å². The van der Waals surface area contributed by atoms with Gasteiger partial charge < -0.3 is 20.5 Å². The van der Waals surface area contributed by atoms with Gasteiger partial charge >= 0.3 is 57.4 Å². The number of carboxylic acids is 1. The molecule has 0 radical (unpaired) electrons. The zero-order valence-electron chi connectivity index (χ0n) is 12.9. The number of anilines is 1. The predicted octanol–water partition coefficient (Wildman–Crippen LogP) is -1.70. The van der Waals surface area contributed by atoms with Gasteiger partial charge in [-0.15, -0.1) is 0 Å². The van der Waals surface area contributed by atoms with E-state index in [9.17, 15) is 14.7 Å². The molecule has 5 nitrogen and oxygen atoms in total. The Labute approximate surface area is 172 Å². The van der Waals surface area contributed by atoms with E-state index in [2.05, 4.69) is 10.6 Å². The van der Waals surface area contributed by atoms with Crippen LogP contribution in [-0.4, -0.2) is 30.1 Å². The molecule has 0 fully saturated rings. The van der Waals surface area contributed by atoms with Crippen LogP contribution in [0.2, 0.25) is 0 Å². The second-order valence-electron chi connectivity index (χ2n) is 4.55. The first kappa shape index (κ1) is 20.9. The molecule has 1 aromatic rings. The van der Waals surface area contributed by atoms with Crippen molar-refractivity contribution in [3.05, 3.63) is 29.3 Å². The maximum Gasteiger partial charge on any atom is 1.00 e. The van der Waals surface area contributed by atoms with Gasteiger partial charge in [0, 0.05) is 5.69 Å². The van der Waals surface area contributed by atoms with Crippen molar-refractivity contribution in [1.82, 2.24) is 5.32 Å². The number of amides is 2. The SMILES string of the molecule is CSCCC(NC(=O)Nc1ccc(C)c(C)c1)C(=O)[O-].[K+]. The van der Waals surface area contributed by atoms with Gasteiger partial charge in [-0.2, -0.15) is 11.8 Å². The Morgan fingerprint density at radius 2 is 1.95 bits per heavy atom. The third-order valence-corrected chi connectivity index (χ3v) is 3.61. The molecule has 7 heteroatoms. The molecule has 0 bridgehead atoms. The first-order valence-electron chi connectivity index (χ1n) is 6.28. The summed E-state index contributed by atoms with van der Waals surface area (Å²) in [7, 11) is 0. The van der Waals surface area contributed by atoms with Crippen LogP contribution in [0.5, 0.6) is 0 Å². The van der Waals surface area contributed by atoms with Gasteiger partial charge in [-0.1, -0.05) is 6.07 Å². The third kappa shape index (κ3) is 7.67. The fourth-order valence-electron chi connectivity index (χ4n) is 1.63. The Hall–Kier alpha value is -0.0536. The second kappa shape index (κ2) is 10.6. The topological polar surface area (TPSA) is 81.3 Å². The molecule has 2 amide bonds. The summed E-state index contributed by atoms with van der Waals surface area (Å²) in [4.78, 5) is 22.7. The molecule has 0 saturated heterocycles. The summed E-state index contributed by atoms with van der Waals surface area (Å²) in [5, 5.41) is 16.0. The molecule has 0 saturated carbocycles. The van der Waals surface area contributed by atoms with E-state index in [1.807, 2.05) is 32.2 Å². The Kier molecular flexibility index (Phi) is 10.6. The summed E-state index contributed by atoms with van der Waals surface area (Å²) in [5.74, 6) is -0.628. The van der Waals surface area contributed by atoms with Crippen LogP contribution in [-0.2, 0) is 4.79 Å². The second-order valence-corrected chi connectivity index (χ2v) is 5.54. The molecule has 1 aromatic carbocycles. The number of hydrogen-bond donors (Lipinski definition) is 2. The molecular weight excluding hydrogens is 315 g/mol. The van der Waals surface area contributed by atoms with E-state index >= 15 is 0 Å². The third-order valence-electron chi connectivity index (χ3n) is 2.97. The van der Waals surface area contributed by atoms with Crippen molar-refractivity contribution in [1.29, 1.82) is 0 Å². The van der Waals surface area contributed by atoms with E-state index in [1.54, 1.807) is 6.07 Å². The molecule has 1 rings (SSSR count). The van der Waals surface area contributed by atoms with E-state index in [-0.39, 0.29) is 51.4 Å². The Bertz CT molecular complexity index is 497. The van der Waals surface area contributed by atoms with Gasteiger partial charge in [0.1, 0.15) is 0 Å². The van der Waals surface area contributed by atoms with E-state index in [1.165, 1.54) is 11.8 Å². The number of aliphatic carboxylic acids is 1. The number of aryl methyl sites for hydroxylation is 2. The molecule has 0 heterocycles. The van der Waals surface area contributed by atoms with Crippen LogP contribution in [0.15, 0.2) is 18.2 Å². The molecule has 1 atom stereocenters. The molecule has 21 heavy (non-hydrogen) atoms. The van der Waals surface area contributed by atoms with Crippen molar-refractivity contribution in [2.24, 2.45) is 0 Å². The molecule has 2 N–H and O–H groups in total. The van der Waals surface area contributed by atoms with Crippen LogP contribution in [0.1, 0.15) is 17.5 Å². The van der Waals surface area contributed by atoms with Crippen molar-refractivity contribution in [3.8, 4) is 0 Å². The van der Waals surface area contributed by atoms with Gasteiger partial charge in [-0.05, 0) is 55.5 Å². The summed E-state index contributed by atoms with van der Waals surface area (Å²) in [6, 6.07) is 4.00. The number of carbonyl (C=O) groups excluding carboxylic acids is 2. The Morgan fingerprint density at radius 1 is 1.29 bits per heavy atom. The number of rotatable bonds is 6. The predicted molar refractivity (Wildman–Crippen MR) is 79.9 cm³/mol. The van der Waals surface area contributed by atoms with Crippen LogP contribution in [0.4, 0.5) is 10.5 Å². The van der Waals surface area contributed by atoms with E-state index < -0.39 is 18.0 Å². The number of carbonyl (C=O) groups is 2. The Balaban J connectivity index is 0.00000400. The molecule has 0 aliphatic heterocycles. The molecule has 1 unspecified atom stereocenters.